The van der Waals surface area contributed by atoms with Gasteiger partial charge in [-0.1, -0.05) is 0 Å². The molecule has 0 aliphatic carbocycles. The summed E-state index contributed by atoms with van der Waals surface area (Å²) in [4.78, 5) is 6.84. The quantitative estimate of drug-likeness (QED) is 0.793. The van der Waals surface area contributed by atoms with Gasteiger partial charge < -0.3 is 0 Å². The van der Waals surface area contributed by atoms with Gasteiger partial charge in [0.05, 0.1) is 17.6 Å². The second kappa shape index (κ2) is 5.58. The number of nitrogens with zero attached hydrogens (tertiary/aromatic N) is 2. The molecule has 1 saturated heterocycles. The number of alkyl halides is 1. The Balaban J connectivity index is 2.01. The van der Waals surface area contributed by atoms with Gasteiger partial charge in [0.25, 0.3) is 0 Å². The molecule has 0 N–H and O–H groups in total. The van der Waals surface area contributed by atoms with E-state index >= 15 is 0 Å². The zero-order valence-corrected chi connectivity index (χ0v) is 11.6. The predicted octanol–water partition coefficient (Wildman–Crippen LogP) is 2.01. The highest BCUT2D eigenvalue weighted by atomic mass is 35.5. The molecular weight excluding hydrogens is 264 g/mol. The molecule has 0 aromatic carbocycles. The zero-order valence-electron chi connectivity index (χ0n) is 9.19. The maximum absolute atomic E-state index is 11.3. The molecule has 0 amide bonds. The number of aromatic nitrogens is 1. The van der Waals surface area contributed by atoms with E-state index in [0.29, 0.717) is 11.9 Å². The molecule has 1 aliphatic rings. The molecule has 2 rings (SSSR count). The van der Waals surface area contributed by atoms with Crippen molar-refractivity contribution in [3.8, 4) is 0 Å². The van der Waals surface area contributed by atoms with E-state index in [2.05, 4.69) is 16.8 Å². The summed E-state index contributed by atoms with van der Waals surface area (Å²) in [6.07, 6.45) is 0. The standard InChI is InChI=1S/C10H15ClN2OS2/c1-8(10-12-9(6-11)7-15-10)13-2-4-16(14)5-3-13/h7-8H,2-6H2,1H3. The minimum Gasteiger partial charge on any atom is -0.292 e. The van der Waals surface area contributed by atoms with Crippen molar-refractivity contribution >= 4 is 33.7 Å². The largest absolute Gasteiger partial charge is 0.292 e. The second-order valence-corrected chi connectivity index (χ2v) is 6.72. The van der Waals surface area contributed by atoms with Crippen LogP contribution in [0.4, 0.5) is 0 Å². The Labute approximate surface area is 107 Å². The van der Waals surface area contributed by atoms with Crippen molar-refractivity contribution in [2.24, 2.45) is 0 Å². The Morgan fingerprint density at radius 3 is 2.88 bits per heavy atom. The van der Waals surface area contributed by atoms with Crippen LogP contribution in [-0.4, -0.2) is 38.7 Å². The summed E-state index contributed by atoms with van der Waals surface area (Å²) in [6, 6.07) is 0.319. The fourth-order valence-electron chi connectivity index (χ4n) is 1.77. The highest BCUT2D eigenvalue weighted by molar-refractivity contribution is 7.85. The maximum Gasteiger partial charge on any atom is 0.110 e. The van der Waals surface area contributed by atoms with Crippen molar-refractivity contribution in [2.45, 2.75) is 18.8 Å². The molecule has 1 aliphatic heterocycles. The van der Waals surface area contributed by atoms with Crippen LogP contribution in [0.5, 0.6) is 0 Å². The number of thiazole rings is 1. The summed E-state index contributed by atoms with van der Waals surface area (Å²) in [5.41, 5.74) is 0.953. The molecule has 1 atom stereocenters. The van der Waals surface area contributed by atoms with Crippen molar-refractivity contribution < 1.29 is 4.21 Å². The number of hydrogen-bond acceptors (Lipinski definition) is 4. The fraction of sp³-hybridized carbons (Fsp3) is 0.700. The minimum atomic E-state index is -0.610. The predicted molar refractivity (Wildman–Crippen MR) is 69.5 cm³/mol. The summed E-state index contributed by atoms with van der Waals surface area (Å²) < 4.78 is 11.3. The van der Waals surface area contributed by atoms with Crippen LogP contribution in [0, 0.1) is 0 Å². The van der Waals surface area contributed by atoms with Gasteiger partial charge in [-0.25, -0.2) is 4.98 Å². The third kappa shape index (κ3) is 2.83. The summed E-state index contributed by atoms with van der Waals surface area (Å²) in [6.45, 7) is 3.97. The topological polar surface area (TPSA) is 33.2 Å². The third-order valence-corrected chi connectivity index (χ3v) is 5.44. The summed E-state index contributed by atoms with van der Waals surface area (Å²) in [5.74, 6) is 2.06. The van der Waals surface area contributed by atoms with Gasteiger partial charge in [-0.2, -0.15) is 0 Å². The van der Waals surface area contributed by atoms with Crippen molar-refractivity contribution in [1.82, 2.24) is 9.88 Å². The minimum absolute atomic E-state index is 0.319. The van der Waals surface area contributed by atoms with Crippen molar-refractivity contribution in [3.63, 3.8) is 0 Å². The van der Waals surface area contributed by atoms with Gasteiger partial charge in [0.15, 0.2) is 0 Å². The lowest BCUT2D eigenvalue weighted by atomic mass is 10.3. The van der Waals surface area contributed by atoms with Gasteiger partial charge >= 0.3 is 0 Å². The first-order valence-electron chi connectivity index (χ1n) is 5.30. The molecule has 0 saturated carbocycles. The Morgan fingerprint density at radius 2 is 2.31 bits per heavy atom. The molecule has 2 heterocycles. The van der Waals surface area contributed by atoms with Gasteiger partial charge in [-0.15, -0.1) is 22.9 Å². The van der Waals surface area contributed by atoms with E-state index in [4.69, 9.17) is 11.6 Å². The van der Waals surface area contributed by atoms with Crippen LogP contribution in [0.3, 0.4) is 0 Å². The van der Waals surface area contributed by atoms with Crippen molar-refractivity contribution in [3.05, 3.63) is 16.1 Å². The van der Waals surface area contributed by atoms with Gasteiger partial charge in [0.2, 0.25) is 0 Å². The lowest BCUT2D eigenvalue weighted by molar-refractivity contribution is 0.230. The SMILES string of the molecule is CC(c1nc(CCl)cs1)N1CCS(=O)CC1. The average Bonchev–Trinajstić information content (AvgIpc) is 2.77. The normalized spacial score (nSPS) is 21.1. The van der Waals surface area contributed by atoms with Crippen molar-refractivity contribution in [2.75, 3.05) is 24.6 Å². The van der Waals surface area contributed by atoms with E-state index in [1.165, 1.54) is 0 Å². The van der Waals surface area contributed by atoms with E-state index in [0.717, 1.165) is 35.3 Å². The van der Waals surface area contributed by atoms with E-state index in [-0.39, 0.29) is 0 Å². The molecule has 0 bridgehead atoms. The highest BCUT2D eigenvalue weighted by Gasteiger charge is 2.22. The van der Waals surface area contributed by atoms with E-state index in [1.54, 1.807) is 11.3 Å². The number of halogens is 1. The molecule has 0 spiro atoms. The second-order valence-electron chi connectivity index (χ2n) is 3.87. The monoisotopic (exact) mass is 278 g/mol. The van der Waals surface area contributed by atoms with Crippen LogP contribution in [-0.2, 0) is 16.7 Å². The van der Waals surface area contributed by atoms with Gasteiger partial charge in [0.1, 0.15) is 5.01 Å². The zero-order chi connectivity index (χ0) is 11.5. The van der Waals surface area contributed by atoms with Crippen LogP contribution in [0.2, 0.25) is 0 Å². The molecular formula is C10H15ClN2OS2. The van der Waals surface area contributed by atoms with E-state index in [1.807, 2.05) is 5.38 Å². The summed E-state index contributed by atoms with van der Waals surface area (Å²) >= 11 is 7.40. The maximum atomic E-state index is 11.3. The lowest BCUT2D eigenvalue weighted by Crippen LogP contribution is -2.39. The lowest BCUT2D eigenvalue weighted by Gasteiger charge is -2.30. The molecule has 6 heteroatoms. The molecule has 90 valence electrons. The number of rotatable bonds is 3. The Morgan fingerprint density at radius 1 is 1.62 bits per heavy atom. The molecule has 3 nitrogen and oxygen atoms in total. The van der Waals surface area contributed by atoms with E-state index in [9.17, 15) is 4.21 Å². The molecule has 0 radical (unpaired) electrons. The molecule has 1 fully saturated rings. The first-order valence-corrected chi connectivity index (χ1v) is 8.20. The van der Waals surface area contributed by atoms with Gasteiger partial charge in [-0.05, 0) is 6.92 Å². The Kier molecular flexibility index (Phi) is 4.35. The first-order chi connectivity index (χ1) is 7.70. The third-order valence-electron chi connectivity index (χ3n) is 2.82. The van der Waals surface area contributed by atoms with E-state index < -0.39 is 10.8 Å². The highest BCUT2D eigenvalue weighted by Crippen LogP contribution is 2.25. The average molecular weight is 279 g/mol. The Hall–Kier alpha value is 0.0300. The summed E-state index contributed by atoms with van der Waals surface area (Å²) in [7, 11) is -0.610. The van der Waals surface area contributed by atoms with Crippen LogP contribution >= 0.6 is 22.9 Å². The van der Waals surface area contributed by atoms with Crippen LogP contribution in [0.25, 0.3) is 0 Å². The first kappa shape index (κ1) is 12.5. The Bertz CT molecular complexity index is 373. The smallest absolute Gasteiger partial charge is 0.110 e. The molecule has 1 aromatic heterocycles. The summed E-state index contributed by atoms with van der Waals surface area (Å²) in [5, 5.41) is 3.13. The van der Waals surface area contributed by atoms with Crippen LogP contribution in [0.15, 0.2) is 5.38 Å². The van der Waals surface area contributed by atoms with Crippen LogP contribution < -0.4 is 0 Å². The van der Waals surface area contributed by atoms with Crippen LogP contribution in [0.1, 0.15) is 23.7 Å². The van der Waals surface area contributed by atoms with Gasteiger partial charge in [-0.3, -0.25) is 9.11 Å². The molecule has 1 aromatic rings. The molecule has 1 unspecified atom stereocenters. The number of hydrogen-bond donors (Lipinski definition) is 0. The fourth-order valence-corrected chi connectivity index (χ4v) is 3.99. The van der Waals surface area contributed by atoms with Crippen molar-refractivity contribution in [1.29, 1.82) is 0 Å². The van der Waals surface area contributed by atoms with Gasteiger partial charge in [0, 0.05) is 40.8 Å². The molecule has 16 heavy (non-hydrogen) atoms.